The summed E-state index contributed by atoms with van der Waals surface area (Å²) < 4.78 is 11.9. The lowest BCUT2D eigenvalue weighted by Crippen LogP contribution is -2.45. The minimum absolute atomic E-state index is 0.0124. The Hall–Kier alpha value is -3.26. The van der Waals surface area contributed by atoms with Gasteiger partial charge in [0.1, 0.15) is 11.9 Å². The number of carbonyl (C=O) groups is 1. The molecule has 3 heterocycles. The van der Waals surface area contributed by atoms with E-state index in [0.29, 0.717) is 39.4 Å². The predicted octanol–water partition coefficient (Wildman–Crippen LogP) is 3.21. The highest BCUT2D eigenvalue weighted by atomic mass is 16.5. The van der Waals surface area contributed by atoms with Crippen molar-refractivity contribution in [1.29, 1.82) is 0 Å². The van der Waals surface area contributed by atoms with Crippen LogP contribution >= 0.6 is 0 Å². The first-order valence-electron chi connectivity index (χ1n) is 12.3. The third kappa shape index (κ3) is 6.06. The standard InChI is InChI=1S/C28H32N4O3/c33-28(30-18-25(23-10-6-12-29-17-23)32-13-15-34-16-14-32)21-31-19-24-9-4-5-11-26(24)35-27(20-31)22-7-2-1-3-8-22/h1-12,17,25,27H,13-16,18-21H2,(H,30,33)/t25-,27-/m1/s1. The summed E-state index contributed by atoms with van der Waals surface area (Å²) in [4.78, 5) is 22.0. The molecule has 1 N–H and O–H groups in total. The molecule has 2 aliphatic heterocycles. The van der Waals surface area contributed by atoms with Gasteiger partial charge >= 0.3 is 0 Å². The highest BCUT2D eigenvalue weighted by molar-refractivity contribution is 5.78. The smallest absolute Gasteiger partial charge is 0.234 e. The summed E-state index contributed by atoms with van der Waals surface area (Å²) in [7, 11) is 0. The number of carbonyl (C=O) groups excluding carboxylic acids is 1. The zero-order chi connectivity index (χ0) is 23.9. The lowest BCUT2D eigenvalue weighted by Gasteiger charge is -2.35. The molecule has 5 rings (SSSR count). The lowest BCUT2D eigenvalue weighted by molar-refractivity contribution is -0.122. The van der Waals surface area contributed by atoms with Gasteiger partial charge in [0.25, 0.3) is 0 Å². The number of fused-ring (bicyclic) bond motifs is 1. The predicted molar refractivity (Wildman–Crippen MR) is 134 cm³/mol. The maximum absolute atomic E-state index is 13.1. The van der Waals surface area contributed by atoms with Crippen LogP contribution in [0.4, 0.5) is 0 Å². The second kappa shape index (κ2) is 11.4. The van der Waals surface area contributed by atoms with Gasteiger partial charge in [0, 0.05) is 50.7 Å². The zero-order valence-electron chi connectivity index (χ0n) is 19.9. The van der Waals surface area contributed by atoms with E-state index in [1.165, 1.54) is 0 Å². The Kier molecular flexibility index (Phi) is 7.68. The third-order valence-electron chi connectivity index (χ3n) is 6.65. The van der Waals surface area contributed by atoms with Crippen LogP contribution in [0.25, 0.3) is 0 Å². The highest BCUT2D eigenvalue weighted by Crippen LogP contribution is 2.31. The number of para-hydroxylation sites is 1. The van der Waals surface area contributed by atoms with E-state index in [1.807, 2.05) is 48.7 Å². The van der Waals surface area contributed by atoms with Gasteiger partial charge in [-0.1, -0.05) is 54.6 Å². The number of morpholine rings is 1. The monoisotopic (exact) mass is 472 g/mol. The van der Waals surface area contributed by atoms with Crippen LogP contribution in [0.2, 0.25) is 0 Å². The molecule has 7 heteroatoms. The number of nitrogens with zero attached hydrogens (tertiary/aromatic N) is 3. The third-order valence-corrected chi connectivity index (χ3v) is 6.65. The van der Waals surface area contributed by atoms with Gasteiger partial charge in [-0.15, -0.1) is 0 Å². The number of hydrogen-bond acceptors (Lipinski definition) is 6. The molecule has 1 fully saturated rings. The van der Waals surface area contributed by atoms with Crippen molar-refractivity contribution in [2.45, 2.75) is 18.7 Å². The summed E-state index contributed by atoms with van der Waals surface area (Å²) in [5, 5.41) is 3.19. The molecule has 7 nitrogen and oxygen atoms in total. The lowest BCUT2D eigenvalue weighted by atomic mass is 10.1. The fourth-order valence-corrected chi connectivity index (χ4v) is 4.83. The van der Waals surface area contributed by atoms with Crippen molar-refractivity contribution in [2.75, 3.05) is 45.9 Å². The van der Waals surface area contributed by atoms with Gasteiger partial charge in [-0.05, 0) is 23.3 Å². The van der Waals surface area contributed by atoms with Crippen molar-refractivity contribution in [3.05, 3.63) is 95.8 Å². The first kappa shape index (κ1) is 23.5. The molecule has 1 amide bonds. The number of rotatable bonds is 7. The molecule has 182 valence electrons. The van der Waals surface area contributed by atoms with Crippen LogP contribution in [0.5, 0.6) is 5.75 Å². The molecule has 35 heavy (non-hydrogen) atoms. The second-order valence-corrected chi connectivity index (χ2v) is 9.05. The molecule has 2 atom stereocenters. The van der Waals surface area contributed by atoms with Gasteiger partial charge in [-0.2, -0.15) is 0 Å². The Morgan fingerprint density at radius 3 is 2.63 bits per heavy atom. The molecule has 0 unspecified atom stereocenters. The quantitative estimate of drug-likeness (QED) is 0.570. The number of aromatic nitrogens is 1. The normalized spacial score (nSPS) is 19.7. The highest BCUT2D eigenvalue weighted by Gasteiger charge is 2.27. The summed E-state index contributed by atoms with van der Waals surface area (Å²) in [6, 6.07) is 22.4. The van der Waals surface area contributed by atoms with E-state index in [2.05, 4.69) is 44.4 Å². The second-order valence-electron chi connectivity index (χ2n) is 9.05. The molecule has 0 bridgehead atoms. The minimum atomic E-state index is -0.135. The average Bonchev–Trinajstić information content (AvgIpc) is 3.09. The molecule has 0 aliphatic carbocycles. The number of ether oxygens (including phenoxy) is 2. The zero-order valence-corrected chi connectivity index (χ0v) is 19.9. The van der Waals surface area contributed by atoms with Gasteiger partial charge in [-0.25, -0.2) is 0 Å². The fraction of sp³-hybridized carbons (Fsp3) is 0.357. The van der Waals surface area contributed by atoms with E-state index in [9.17, 15) is 4.79 Å². The van der Waals surface area contributed by atoms with Crippen LogP contribution in [-0.2, 0) is 16.1 Å². The van der Waals surface area contributed by atoms with Crippen molar-refractivity contribution in [3.63, 3.8) is 0 Å². The Morgan fingerprint density at radius 2 is 1.83 bits per heavy atom. The SMILES string of the molecule is O=C(CN1Cc2ccccc2O[C@@H](c2ccccc2)C1)NC[C@H](c1cccnc1)N1CCOCC1. The number of amides is 1. The van der Waals surface area contributed by atoms with E-state index in [4.69, 9.17) is 9.47 Å². The van der Waals surface area contributed by atoms with Crippen molar-refractivity contribution in [1.82, 2.24) is 20.1 Å². The first-order chi connectivity index (χ1) is 17.3. The Morgan fingerprint density at radius 1 is 1.03 bits per heavy atom. The maximum atomic E-state index is 13.1. The van der Waals surface area contributed by atoms with E-state index in [-0.39, 0.29) is 18.1 Å². The van der Waals surface area contributed by atoms with E-state index in [0.717, 1.165) is 35.5 Å². The number of benzene rings is 2. The molecular formula is C28H32N4O3. The summed E-state index contributed by atoms with van der Waals surface area (Å²) in [5.41, 5.74) is 3.31. The number of hydrogen-bond donors (Lipinski definition) is 1. The topological polar surface area (TPSA) is 66.9 Å². The van der Waals surface area contributed by atoms with Gasteiger partial charge in [0.15, 0.2) is 0 Å². The van der Waals surface area contributed by atoms with Crippen LogP contribution in [-0.4, -0.2) is 66.6 Å². The first-order valence-corrected chi connectivity index (χ1v) is 12.3. The maximum Gasteiger partial charge on any atom is 0.234 e. The van der Waals surface area contributed by atoms with Crippen LogP contribution in [0.15, 0.2) is 79.1 Å². The molecule has 1 aromatic heterocycles. The van der Waals surface area contributed by atoms with Crippen molar-refractivity contribution >= 4 is 5.91 Å². The van der Waals surface area contributed by atoms with Crippen molar-refractivity contribution < 1.29 is 14.3 Å². The molecule has 0 spiro atoms. The van der Waals surface area contributed by atoms with Crippen molar-refractivity contribution in [2.24, 2.45) is 0 Å². The number of pyridine rings is 1. The van der Waals surface area contributed by atoms with Crippen LogP contribution in [0.3, 0.4) is 0 Å². The van der Waals surface area contributed by atoms with Crippen LogP contribution in [0.1, 0.15) is 28.8 Å². The van der Waals surface area contributed by atoms with Gasteiger partial charge in [0.05, 0.1) is 25.8 Å². The Labute approximate surface area is 206 Å². The fourth-order valence-electron chi connectivity index (χ4n) is 4.83. The Bertz CT molecular complexity index is 1090. The van der Waals surface area contributed by atoms with Gasteiger partial charge < -0.3 is 14.8 Å². The van der Waals surface area contributed by atoms with Crippen LogP contribution < -0.4 is 10.1 Å². The molecule has 3 aromatic rings. The molecule has 0 radical (unpaired) electrons. The molecule has 1 saturated heterocycles. The average molecular weight is 473 g/mol. The van der Waals surface area contributed by atoms with E-state index < -0.39 is 0 Å². The minimum Gasteiger partial charge on any atom is -0.484 e. The van der Waals surface area contributed by atoms with Gasteiger partial charge in [0.2, 0.25) is 5.91 Å². The summed E-state index contributed by atoms with van der Waals surface area (Å²) in [6.45, 7) is 5.25. The molecule has 2 aliphatic rings. The summed E-state index contributed by atoms with van der Waals surface area (Å²) >= 11 is 0. The van der Waals surface area contributed by atoms with Crippen LogP contribution in [0, 0.1) is 0 Å². The van der Waals surface area contributed by atoms with E-state index in [1.54, 1.807) is 6.20 Å². The van der Waals surface area contributed by atoms with Gasteiger partial charge in [-0.3, -0.25) is 19.6 Å². The number of nitrogens with one attached hydrogen (secondary N) is 1. The molecule has 2 aromatic carbocycles. The van der Waals surface area contributed by atoms with E-state index >= 15 is 0 Å². The molecule has 0 saturated carbocycles. The Balaban J connectivity index is 1.27. The summed E-state index contributed by atoms with van der Waals surface area (Å²) in [6.07, 6.45) is 3.53. The summed E-state index contributed by atoms with van der Waals surface area (Å²) in [5.74, 6) is 0.895. The molecular weight excluding hydrogens is 440 g/mol. The van der Waals surface area contributed by atoms with Crippen molar-refractivity contribution in [3.8, 4) is 5.75 Å². The largest absolute Gasteiger partial charge is 0.484 e.